The van der Waals surface area contributed by atoms with Gasteiger partial charge in [0, 0.05) is 23.0 Å². The molecule has 1 aliphatic carbocycles. The molecule has 166 valence electrons. The Kier molecular flexibility index (Phi) is 6.79. The molecule has 31 heavy (non-hydrogen) atoms. The van der Waals surface area contributed by atoms with E-state index in [0.29, 0.717) is 25.7 Å². The van der Waals surface area contributed by atoms with Crippen LogP contribution in [0.3, 0.4) is 0 Å². The zero-order valence-corrected chi connectivity index (χ0v) is 19.5. The number of nitrogens with one attached hydrogen (secondary N) is 1. The second kappa shape index (κ2) is 9.38. The van der Waals surface area contributed by atoms with Gasteiger partial charge in [-0.25, -0.2) is 17.5 Å². The van der Waals surface area contributed by atoms with Gasteiger partial charge in [-0.15, -0.1) is 0 Å². The van der Waals surface area contributed by atoms with Crippen LogP contribution in [0.2, 0.25) is 0 Å². The van der Waals surface area contributed by atoms with Crippen molar-refractivity contribution in [2.45, 2.75) is 55.5 Å². The van der Waals surface area contributed by atoms with Crippen LogP contribution in [-0.2, 0) is 14.8 Å². The maximum atomic E-state index is 13.3. The van der Waals surface area contributed by atoms with E-state index in [0.717, 1.165) is 29.4 Å². The average Bonchev–Trinajstić information content (AvgIpc) is 3.24. The zero-order chi connectivity index (χ0) is 22.0. The van der Waals surface area contributed by atoms with Crippen molar-refractivity contribution < 1.29 is 17.6 Å². The highest BCUT2D eigenvalue weighted by atomic mass is 79.9. The summed E-state index contributed by atoms with van der Waals surface area (Å²) in [4.78, 5) is 15.4. The van der Waals surface area contributed by atoms with Gasteiger partial charge in [-0.3, -0.25) is 4.79 Å². The van der Waals surface area contributed by atoms with Crippen LogP contribution in [0, 0.1) is 11.7 Å². The van der Waals surface area contributed by atoms with E-state index in [1.54, 1.807) is 36.4 Å². The Hall–Kier alpha value is -1.77. The first-order chi connectivity index (χ1) is 14.8. The molecule has 2 fully saturated rings. The number of sulfonamides is 1. The van der Waals surface area contributed by atoms with Crippen LogP contribution in [0.4, 0.5) is 4.39 Å². The SMILES string of the molecule is O=C(C1CCC(NS(=O)(=O)c2ccc(Br)cc2)CC1)N1CCCC1c1ccc(F)cc1. The molecule has 1 saturated carbocycles. The predicted octanol–water partition coefficient (Wildman–Crippen LogP) is 4.79. The third kappa shape index (κ3) is 5.18. The standard InChI is InChI=1S/C23H26BrFN2O3S/c24-18-7-13-21(14-8-18)31(29,30)26-20-11-5-17(6-12-20)23(28)27-15-1-2-22(27)16-3-9-19(25)10-4-16/h3-4,7-10,13-14,17,20,22,26H,1-2,5-6,11-12,15H2. The highest BCUT2D eigenvalue weighted by Crippen LogP contribution is 2.36. The molecule has 4 rings (SSSR count). The fourth-order valence-electron chi connectivity index (χ4n) is 4.66. The Morgan fingerprint density at radius 3 is 2.26 bits per heavy atom. The van der Waals surface area contributed by atoms with Crippen LogP contribution in [0.25, 0.3) is 0 Å². The maximum absolute atomic E-state index is 13.3. The van der Waals surface area contributed by atoms with Gasteiger partial charge >= 0.3 is 0 Å². The summed E-state index contributed by atoms with van der Waals surface area (Å²) in [6, 6.07) is 12.8. The number of likely N-dealkylation sites (tertiary alicyclic amines) is 1. The highest BCUT2D eigenvalue weighted by molar-refractivity contribution is 9.10. The van der Waals surface area contributed by atoms with Gasteiger partial charge in [0.15, 0.2) is 0 Å². The monoisotopic (exact) mass is 508 g/mol. The molecule has 1 N–H and O–H groups in total. The minimum atomic E-state index is -3.58. The first kappa shape index (κ1) is 22.4. The van der Waals surface area contributed by atoms with Crippen LogP contribution in [0.5, 0.6) is 0 Å². The summed E-state index contributed by atoms with van der Waals surface area (Å²) in [5, 5.41) is 0. The average molecular weight is 509 g/mol. The van der Waals surface area contributed by atoms with Crippen molar-refractivity contribution in [1.29, 1.82) is 0 Å². The van der Waals surface area contributed by atoms with Gasteiger partial charge in [0.1, 0.15) is 5.82 Å². The van der Waals surface area contributed by atoms with Crippen molar-refractivity contribution in [1.82, 2.24) is 9.62 Å². The van der Waals surface area contributed by atoms with Crippen LogP contribution < -0.4 is 4.72 Å². The molecule has 0 aromatic heterocycles. The van der Waals surface area contributed by atoms with Crippen molar-refractivity contribution in [3.05, 3.63) is 64.4 Å². The molecule has 1 heterocycles. The number of rotatable bonds is 5. The summed E-state index contributed by atoms with van der Waals surface area (Å²) >= 11 is 3.31. The lowest BCUT2D eigenvalue weighted by Crippen LogP contribution is -2.42. The van der Waals surface area contributed by atoms with Gasteiger partial charge in [0.25, 0.3) is 0 Å². The van der Waals surface area contributed by atoms with Crippen LogP contribution in [-0.4, -0.2) is 31.8 Å². The number of amides is 1. The maximum Gasteiger partial charge on any atom is 0.240 e. The predicted molar refractivity (Wildman–Crippen MR) is 120 cm³/mol. The van der Waals surface area contributed by atoms with Gasteiger partial charge in [-0.1, -0.05) is 28.1 Å². The smallest absolute Gasteiger partial charge is 0.240 e. The lowest BCUT2D eigenvalue weighted by atomic mass is 9.85. The van der Waals surface area contributed by atoms with Crippen molar-refractivity contribution >= 4 is 31.9 Å². The molecule has 1 aliphatic heterocycles. The molecule has 2 aromatic rings. The van der Waals surface area contributed by atoms with Gasteiger partial charge in [-0.05, 0) is 80.5 Å². The lowest BCUT2D eigenvalue weighted by molar-refractivity contribution is -0.137. The molecular formula is C23H26BrFN2O3S. The van der Waals surface area contributed by atoms with Crippen LogP contribution in [0.15, 0.2) is 57.9 Å². The fraction of sp³-hybridized carbons (Fsp3) is 0.435. The Morgan fingerprint density at radius 1 is 0.968 bits per heavy atom. The fourth-order valence-corrected chi connectivity index (χ4v) is 6.23. The Balaban J connectivity index is 1.35. The zero-order valence-electron chi connectivity index (χ0n) is 17.1. The Morgan fingerprint density at radius 2 is 1.61 bits per heavy atom. The molecule has 0 radical (unpaired) electrons. The number of nitrogens with zero attached hydrogens (tertiary/aromatic N) is 1. The minimum Gasteiger partial charge on any atom is -0.335 e. The van der Waals surface area contributed by atoms with E-state index in [9.17, 15) is 17.6 Å². The van der Waals surface area contributed by atoms with Crippen molar-refractivity contribution in [3.8, 4) is 0 Å². The van der Waals surface area contributed by atoms with Crippen molar-refractivity contribution in [2.24, 2.45) is 5.92 Å². The summed E-state index contributed by atoms with van der Waals surface area (Å²) < 4.78 is 42.2. The van der Waals surface area contributed by atoms with E-state index in [4.69, 9.17) is 0 Å². The normalized spacial score (nSPS) is 24.3. The van der Waals surface area contributed by atoms with E-state index >= 15 is 0 Å². The molecule has 1 unspecified atom stereocenters. The first-order valence-electron chi connectivity index (χ1n) is 10.7. The minimum absolute atomic E-state index is 0.00160. The van der Waals surface area contributed by atoms with Gasteiger partial charge in [0.05, 0.1) is 10.9 Å². The number of hydrogen-bond acceptors (Lipinski definition) is 3. The lowest BCUT2D eigenvalue weighted by Gasteiger charge is -2.33. The quantitative estimate of drug-likeness (QED) is 0.631. The van der Waals surface area contributed by atoms with Crippen LogP contribution in [0.1, 0.15) is 50.1 Å². The van der Waals surface area contributed by atoms with Gasteiger partial charge in [-0.2, -0.15) is 0 Å². The van der Waals surface area contributed by atoms with Crippen molar-refractivity contribution in [3.63, 3.8) is 0 Å². The summed E-state index contributed by atoms with van der Waals surface area (Å²) in [5.41, 5.74) is 0.975. The largest absolute Gasteiger partial charge is 0.335 e. The third-order valence-corrected chi connectivity index (χ3v) is 8.38. The molecule has 1 atom stereocenters. The molecule has 2 aliphatic rings. The number of benzene rings is 2. The van der Waals surface area contributed by atoms with Crippen LogP contribution >= 0.6 is 15.9 Å². The Bertz CT molecular complexity index is 1020. The third-order valence-electron chi connectivity index (χ3n) is 6.31. The summed E-state index contributed by atoms with van der Waals surface area (Å²) in [5.74, 6) is -0.223. The van der Waals surface area contributed by atoms with E-state index < -0.39 is 10.0 Å². The van der Waals surface area contributed by atoms with E-state index in [1.807, 2.05) is 4.90 Å². The molecule has 8 heteroatoms. The molecule has 1 saturated heterocycles. The first-order valence-corrected chi connectivity index (χ1v) is 12.9. The number of halogens is 2. The second-order valence-corrected chi connectivity index (χ2v) is 11.0. The molecule has 5 nitrogen and oxygen atoms in total. The molecule has 0 bridgehead atoms. The second-order valence-electron chi connectivity index (χ2n) is 8.36. The van der Waals surface area contributed by atoms with Crippen molar-refractivity contribution in [2.75, 3.05) is 6.54 Å². The highest BCUT2D eigenvalue weighted by Gasteiger charge is 2.36. The topological polar surface area (TPSA) is 66.5 Å². The van der Waals surface area contributed by atoms with Gasteiger partial charge < -0.3 is 4.90 Å². The van der Waals surface area contributed by atoms with Gasteiger partial charge in [0.2, 0.25) is 15.9 Å². The molecule has 0 spiro atoms. The summed E-state index contributed by atoms with van der Waals surface area (Å²) in [7, 11) is -3.58. The molecule has 1 amide bonds. The number of carbonyl (C=O) groups is 1. The number of hydrogen-bond donors (Lipinski definition) is 1. The number of carbonyl (C=O) groups excluding carboxylic acids is 1. The van der Waals surface area contributed by atoms with E-state index in [-0.39, 0.29) is 34.6 Å². The van der Waals surface area contributed by atoms with E-state index in [2.05, 4.69) is 20.7 Å². The summed E-state index contributed by atoms with van der Waals surface area (Å²) in [6.45, 7) is 0.719. The summed E-state index contributed by atoms with van der Waals surface area (Å²) in [6.07, 6.45) is 4.44. The molecule has 2 aromatic carbocycles. The van der Waals surface area contributed by atoms with E-state index in [1.165, 1.54) is 12.1 Å². The molecular weight excluding hydrogens is 483 g/mol. The Labute approximate surface area is 191 Å².